The molecule has 0 unspecified atom stereocenters. The molecule has 1 rings (SSSR count). The fourth-order valence-corrected chi connectivity index (χ4v) is 1.57. The van der Waals surface area contributed by atoms with Gasteiger partial charge >= 0.3 is 0 Å². The van der Waals surface area contributed by atoms with Gasteiger partial charge in [0.15, 0.2) is 0 Å². The van der Waals surface area contributed by atoms with Gasteiger partial charge in [-0.3, -0.25) is 4.79 Å². The van der Waals surface area contributed by atoms with Crippen LogP contribution in [0.2, 0.25) is 0 Å². The molecular weight excluding hydrogens is 220 g/mol. The zero-order valence-electron chi connectivity index (χ0n) is 7.18. The number of piperazine rings is 1. The molecule has 1 heterocycles. The van der Waals surface area contributed by atoms with Gasteiger partial charge in [-0.1, -0.05) is 15.9 Å². The third-order valence-corrected chi connectivity index (χ3v) is 2.55. The van der Waals surface area contributed by atoms with Gasteiger partial charge in [0.25, 0.3) is 0 Å². The van der Waals surface area contributed by atoms with E-state index in [9.17, 15) is 4.79 Å². The Morgan fingerprint density at radius 3 is 2.67 bits per heavy atom. The lowest BCUT2D eigenvalue weighted by Gasteiger charge is -2.27. The van der Waals surface area contributed by atoms with Gasteiger partial charge in [-0.05, 0) is 6.42 Å². The highest BCUT2D eigenvalue weighted by atomic mass is 79.9. The first-order valence-corrected chi connectivity index (χ1v) is 5.51. The molecule has 0 atom stereocenters. The third kappa shape index (κ3) is 3.11. The summed E-state index contributed by atoms with van der Waals surface area (Å²) in [6, 6.07) is 0. The number of amides is 1. The van der Waals surface area contributed by atoms with Crippen molar-refractivity contribution in [2.24, 2.45) is 0 Å². The molecule has 4 heteroatoms. The number of rotatable bonds is 3. The first kappa shape index (κ1) is 9.99. The van der Waals surface area contributed by atoms with E-state index in [0.717, 1.165) is 37.9 Å². The molecule has 1 saturated heterocycles. The molecule has 1 fully saturated rings. The van der Waals surface area contributed by atoms with Crippen molar-refractivity contribution < 1.29 is 4.79 Å². The van der Waals surface area contributed by atoms with E-state index < -0.39 is 0 Å². The molecule has 3 nitrogen and oxygen atoms in total. The minimum Gasteiger partial charge on any atom is -0.340 e. The summed E-state index contributed by atoms with van der Waals surface area (Å²) in [5.41, 5.74) is 0. The van der Waals surface area contributed by atoms with Gasteiger partial charge in [0.1, 0.15) is 0 Å². The number of hydrogen-bond acceptors (Lipinski definition) is 2. The molecule has 70 valence electrons. The molecule has 12 heavy (non-hydrogen) atoms. The van der Waals surface area contributed by atoms with Gasteiger partial charge in [0.2, 0.25) is 5.91 Å². The SMILES string of the molecule is O=C(CCCBr)N1CCNCC1. The Morgan fingerprint density at radius 1 is 1.42 bits per heavy atom. The number of alkyl halides is 1. The smallest absolute Gasteiger partial charge is 0.222 e. The summed E-state index contributed by atoms with van der Waals surface area (Å²) >= 11 is 3.32. The van der Waals surface area contributed by atoms with Gasteiger partial charge in [-0.15, -0.1) is 0 Å². The molecule has 0 spiro atoms. The molecule has 0 aromatic rings. The highest BCUT2D eigenvalue weighted by Gasteiger charge is 2.14. The van der Waals surface area contributed by atoms with Crippen molar-refractivity contribution in [3.63, 3.8) is 0 Å². The Balaban J connectivity index is 2.20. The van der Waals surface area contributed by atoms with Crippen molar-refractivity contribution in [2.75, 3.05) is 31.5 Å². The van der Waals surface area contributed by atoms with Gasteiger partial charge in [-0.2, -0.15) is 0 Å². The average Bonchev–Trinajstić information content (AvgIpc) is 2.15. The summed E-state index contributed by atoms with van der Waals surface area (Å²) in [7, 11) is 0. The predicted molar refractivity (Wildman–Crippen MR) is 52.5 cm³/mol. The molecular formula is C8H15BrN2O. The fraction of sp³-hybridized carbons (Fsp3) is 0.875. The molecule has 0 aliphatic carbocycles. The number of halogens is 1. The number of hydrogen-bond donors (Lipinski definition) is 1. The quantitative estimate of drug-likeness (QED) is 0.726. The van der Waals surface area contributed by atoms with Crippen LogP contribution in [0.1, 0.15) is 12.8 Å². The Bertz CT molecular complexity index is 146. The van der Waals surface area contributed by atoms with Crippen molar-refractivity contribution in [1.29, 1.82) is 0 Å². The first-order chi connectivity index (χ1) is 5.84. The van der Waals surface area contributed by atoms with E-state index in [1.54, 1.807) is 0 Å². The summed E-state index contributed by atoms with van der Waals surface area (Å²) in [5.74, 6) is 0.302. The van der Waals surface area contributed by atoms with Crippen LogP contribution in [-0.2, 0) is 4.79 Å². The molecule has 1 amide bonds. The van der Waals surface area contributed by atoms with Crippen LogP contribution >= 0.6 is 15.9 Å². The lowest BCUT2D eigenvalue weighted by atomic mass is 10.2. The van der Waals surface area contributed by atoms with Crippen LogP contribution in [0, 0.1) is 0 Å². The first-order valence-electron chi connectivity index (χ1n) is 4.39. The van der Waals surface area contributed by atoms with E-state index in [2.05, 4.69) is 21.2 Å². The van der Waals surface area contributed by atoms with Crippen molar-refractivity contribution in [1.82, 2.24) is 10.2 Å². The van der Waals surface area contributed by atoms with E-state index in [1.165, 1.54) is 0 Å². The lowest BCUT2D eigenvalue weighted by Crippen LogP contribution is -2.46. The second kappa shape index (κ2) is 5.54. The maximum atomic E-state index is 11.4. The molecule has 1 N–H and O–H groups in total. The molecule has 1 aliphatic heterocycles. The van der Waals surface area contributed by atoms with Crippen molar-refractivity contribution in [2.45, 2.75) is 12.8 Å². The minimum atomic E-state index is 0.302. The standard InChI is InChI=1S/C8H15BrN2O/c9-3-1-2-8(12)11-6-4-10-5-7-11/h10H,1-7H2. The number of nitrogens with one attached hydrogen (secondary N) is 1. The second-order valence-corrected chi connectivity index (χ2v) is 3.72. The minimum absolute atomic E-state index is 0.302. The molecule has 1 aliphatic rings. The molecule has 0 aromatic carbocycles. The molecule has 0 radical (unpaired) electrons. The summed E-state index contributed by atoms with van der Waals surface area (Å²) in [6.45, 7) is 3.64. The van der Waals surface area contributed by atoms with Crippen LogP contribution in [0.4, 0.5) is 0 Å². The maximum Gasteiger partial charge on any atom is 0.222 e. The summed E-state index contributed by atoms with van der Waals surface area (Å²) in [5, 5.41) is 4.14. The van der Waals surface area contributed by atoms with Crippen LogP contribution in [0.3, 0.4) is 0 Å². The van der Waals surface area contributed by atoms with E-state index in [1.807, 2.05) is 4.90 Å². The summed E-state index contributed by atoms with van der Waals surface area (Å²) < 4.78 is 0. The number of nitrogens with zero attached hydrogens (tertiary/aromatic N) is 1. The van der Waals surface area contributed by atoms with Gasteiger partial charge < -0.3 is 10.2 Å². The number of carbonyl (C=O) groups is 1. The van der Waals surface area contributed by atoms with Crippen molar-refractivity contribution in [3.8, 4) is 0 Å². The highest BCUT2D eigenvalue weighted by molar-refractivity contribution is 9.09. The topological polar surface area (TPSA) is 32.3 Å². The van der Waals surface area contributed by atoms with E-state index in [4.69, 9.17) is 0 Å². The number of carbonyl (C=O) groups excluding carboxylic acids is 1. The monoisotopic (exact) mass is 234 g/mol. The Kier molecular flexibility index (Phi) is 4.61. The Hall–Kier alpha value is -0.0900. The zero-order valence-corrected chi connectivity index (χ0v) is 8.77. The molecule has 0 bridgehead atoms. The summed E-state index contributed by atoms with van der Waals surface area (Å²) in [4.78, 5) is 13.4. The summed E-state index contributed by atoms with van der Waals surface area (Å²) in [6.07, 6.45) is 1.63. The highest BCUT2D eigenvalue weighted by Crippen LogP contribution is 2.01. The zero-order chi connectivity index (χ0) is 8.81. The van der Waals surface area contributed by atoms with Crippen LogP contribution in [-0.4, -0.2) is 42.3 Å². The van der Waals surface area contributed by atoms with Crippen molar-refractivity contribution in [3.05, 3.63) is 0 Å². The third-order valence-electron chi connectivity index (χ3n) is 1.99. The van der Waals surface area contributed by atoms with Gasteiger partial charge in [0.05, 0.1) is 0 Å². The molecule has 0 aromatic heterocycles. The lowest BCUT2D eigenvalue weighted by molar-refractivity contribution is -0.131. The van der Waals surface area contributed by atoms with Crippen LogP contribution in [0.5, 0.6) is 0 Å². The van der Waals surface area contributed by atoms with Gasteiger partial charge in [0, 0.05) is 37.9 Å². The largest absolute Gasteiger partial charge is 0.340 e. The van der Waals surface area contributed by atoms with E-state index >= 15 is 0 Å². The van der Waals surface area contributed by atoms with E-state index in [0.29, 0.717) is 12.3 Å². The Labute approximate surface area is 81.6 Å². The van der Waals surface area contributed by atoms with Crippen LogP contribution in [0.15, 0.2) is 0 Å². The van der Waals surface area contributed by atoms with Gasteiger partial charge in [-0.25, -0.2) is 0 Å². The Morgan fingerprint density at radius 2 is 2.08 bits per heavy atom. The average molecular weight is 235 g/mol. The maximum absolute atomic E-state index is 11.4. The van der Waals surface area contributed by atoms with Crippen LogP contribution in [0.25, 0.3) is 0 Å². The normalized spacial score (nSPS) is 17.9. The van der Waals surface area contributed by atoms with Crippen LogP contribution < -0.4 is 5.32 Å². The second-order valence-electron chi connectivity index (χ2n) is 2.92. The van der Waals surface area contributed by atoms with Crippen molar-refractivity contribution >= 4 is 21.8 Å². The molecule has 0 saturated carbocycles. The fourth-order valence-electron chi connectivity index (χ4n) is 1.29. The van der Waals surface area contributed by atoms with E-state index in [-0.39, 0.29) is 0 Å². The predicted octanol–water partition coefficient (Wildman–Crippen LogP) is 0.593.